The molecule has 5 aromatic carbocycles. The summed E-state index contributed by atoms with van der Waals surface area (Å²) in [6, 6.07) is 39.3. The topological polar surface area (TPSA) is 120 Å². The summed E-state index contributed by atoms with van der Waals surface area (Å²) in [7, 11) is -2.08. The molecule has 0 bridgehead atoms. The zero-order chi connectivity index (χ0) is 41.8. The van der Waals surface area contributed by atoms with E-state index in [2.05, 4.69) is 12.1 Å². The van der Waals surface area contributed by atoms with Crippen molar-refractivity contribution in [1.29, 1.82) is 10.5 Å². The van der Waals surface area contributed by atoms with Gasteiger partial charge in [0, 0.05) is 32.1 Å². The highest BCUT2D eigenvalue weighted by atomic mass is 35.5. The Bertz CT molecular complexity index is 3470. The summed E-state index contributed by atoms with van der Waals surface area (Å²) in [5, 5.41) is 27.7. The Morgan fingerprint density at radius 3 is 1.60 bits per heavy atom. The van der Waals surface area contributed by atoms with Gasteiger partial charge in [0.1, 0.15) is 56.3 Å². The fourth-order valence-electron chi connectivity index (χ4n) is 8.61. The highest BCUT2D eigenvalue weighted by Gasteiger charge is 2.47. The van der Waals surface area contributed by atoms with Crippen LogP contribution in [0, 0.1) is 29.6 Å². The molecule has 9 aromatic rings. The predicted octanol–water partition coefficient (Wildman–Crippen LogP) is 9.88. The highest BCUT2D eigenvalue weighted by molar-refractivity contribution is 7.20. The quantitative estimate of drug-likeness (QED) is 0.152. The summed E-state index contributed by atoms with van der Waals surface area (Å²) in [5.74, 6) is 2.27. The van der Waals surface area contributed by atoms with Gasteiger partial charge in [-0.05, 0) is 91.9 Å². The van der Waals surface area contributed by atoms with Crippen molar-refractivity contribution in [2.75, 3.05) is 0 Å². The van der Waals surface area contributed by atoms with Crippen molar-refractivity contribution in [2.24, 2.45) is 0 Å². The lowest BCUT2D eigenvalue weighted by atomic mass is 9.99. The number of fused-ring (bicyclic) bond motifs is 5. The van der Waals surface area contributed by atoms with Crippen molar-refractivity contribution in [2.45, 2.75) is 25.7 Å². The van der Waals surface area contributed by atoms with E-state index in [0.717, 1.165) is 44.4 Å². The van der Waals surface area contributed by atoms with Gasteiger partial charge in [-0.3, -0.25) is 0 Å². The van der Waals surface area contributed by atoms with Crippen molar-refractivity contribution < 1.29 is 18.6 Å². The molecule has 4 aromatic heterocycles. The van der Waals surface area contributed by atoms with E-state index in [1.54, 1.807) is 12.1 Å². The van der Waals surface area contributed by atoms with Crippen LogP contribution in [0.5, 0.6) is 23.0 Å². The van der Waals surface area contributed by atoms with Crippen LogP contribution in [0.2, 0.25) is 10.0 Å². The van der Waals surface area contributed by atoms with Crippen LogP contribution in [0.1, 0.15) is 40.0 Å². The number of hydrogen-bond donors (Lipinski definition) is 0. The zero-order valence-corrected chi connectivity index (χ0v) is 35.6. The number of rotatable bonds is 6. The molecule has 296 valence electrons. The van der Waals surface area contributed by atoms with Crippen LogP contribution in [-0.4, -0.2) is 33.4 Å². The maximum atomic E-state index is 11.6. The van der Waals surface area contributed by atoms with Gasteiger partial charge in [0.2, 0.25) is 0 Å². The fraction of sp³-hybridized carbons (Fsp3) is 0.0870. The molecule has 0 amide bonds. The standard InChI is InChI=1S/C46H26B2Cl2N6O4S2/c1-24-8-2-3-9-28(24)42-40-39(43(56(42)48-59-35-12-6-7-13-36(35)60-48)29(22-51)45-53-31-18-16-26(49)20-37(31)61-45)41(25-14-15-25)55(47-57-33-10-4-5-11-34(33)58-47)44(40)30(23-52)46-54-32-19-17-27(50)21-38(32)62-46/h2-13,16-21,25H,14-15H2,1H3/b43-29-,44-30-. The average molecular weight is 883 g/mol. The van der Waals surface area contributed by atoms with Crippen LogP contribution < -0.4 is 29.3 Å². The highest BCUT2D eigenvalue weighted by Crippen LogP contribution is 2.47. The largest absolute Gasteiger partial charge is 0.743 e. The third-order valence-electron chi connectivity index (χ3n) is 11.4. The number of benzene rings is 5. The molecule has 0 saturated heterocycles. The molecule has 0 unspecified atom stereocenters. The second-order valence-electron chi connectivity index (χ2n) is 15.2. The molecule has 62 heavy (non-hydrogen) atoms. The number of para-hydroxylation sites is 4. The number of aromatic nitrogens is 4. The van der Waals surface area contributed by atoms with E-state index in [1.807, 2.05) is 113 Å². The first-order valence-corrected chi connectivity index (χ1v) is 22.2. The summed E-state index contributed by atoms with van der Waals surface area (Å²) in [5.41, 5.74) is 5.31. The minimum Gasteiger partial charge on any atom is -0.503 e. The lowest BCUT2D eigenvalue weighted by Gasteiger charge is -2.17. The summed E-state index contributed by atoms with van der Waals surface area (Å²) < 4.78 is 32.5. The Hall–Kier alpha value is -6.67. The SMILES string of the molecule is Cc1ccccc1-c1c2/c(=C(\C#N)c3nc4ccc(Cl)cc4s3)n(B3Oc4ccccc4O3)c(C3CC3)c2/c(=C(\C#N)c2nc3ccc(Cl)cc3s2)n1B1Oc2ccccc2O1. The third kappa shape index (κ3) is 5.75. The molecule has 1 saturated carbocycles. The van der Waals surface area contributed by atoms with Crippen LogP contribution in [0.15, 0.2) is 109 Å². The number of thiazole rings is 2. The van der Waals surface area contributed by atoms with E-state index in [-0.39, 0.29) is 5.92 Å². The van der Waals surface area contributed by atoms with Crippen LogP contribution in [0.3, 0.4) is 0 Å². The van der Waals surface area contributed by atoms with Gasteiger partial charge >= 0.3 is 14.5 Å². The minimum atomic E-state index is -1.07. The van der Waals surface area contributed by atoms with Crippen molar-refractivity contribution in [3.05, 3.63) is 151 Å². The Kier molecular flexibility index (Phi) is 8.50. The summed E-state index contributed by atoms with van der Waals surface area (Å²) in [4.78, 5) is 10.1. The van der Waals surface area contributed by atoms with Crippen LogP contribution in [0.4, 0.5) is 0 Å². The number of nitriles is 2. The lowest BCUT2D eigenvalue weighted by molar-refractivity contribution is 0.475. The average Bonchev–Trinajstić information content (AvgIpc) is 3.78. The molecule has 6 heterocycles. The van der Waals surface area contributed by atoms with E-state index in [1.165, 1.54) is 22.7 Å². The van der Waals surface area contributed by atoms with Gasteiger partial charge in [-0.2, -0.15) is 10.5 Å². The smallest absolute Gasteiger partial charge is 0.503 e. The maximum absolute atomic E-state index is 11.6. The van der Waals surface area contributed by atoms with E-state index in [0.29, 0.717) is 87.0 Å². The molecule has 10 nitrogen and oxygen atoms in total. The Labute approximate surface area is 372 Å². The summed E-state index contributed by atoms with van der Waals surface area (Å²) in [6.07, 6.45) is 1.71. The molecule has 12 rings (SSSR count). The Balaban J connectivity index is 1.33. The molecule has 0 atom stereocenters. The van der Waals surface area contributed by atoms with E-state index >= 15 is 0 Å². The van der Waals surface area contributed by atoms with Gasteiger partial charge in [-0.1, -0.05) is 71.7 Å². The van der Waals surface area contributed by atoms with Gasteiger partial charge in [-0.25, -0.2) is 9.97 Å². The van der Waals surface area contributed by atoms with Crippen LogP contribution in [0.25, 0.3) is 53.6 Å². The normalized spacial score (nSPS) is 15.1. The summed E-state index contributed by atoms with van der Waals surface area (Å²) in [6.45, 7) is 2.04. The third-order valence-corrected chi connectivity index (χ3v) is 14.0. The van der Waals surface area contributed by atoms with E-state index in [9.17, 15) is 10.5 Å². The Morgan fingerprint density at radius 2 is 1.11 bits per heavy atom. The molecule has 0 spiro atoms. The first-order chi connectivity index (χ1) is 30.4. The van der Waals surface area contributed by atoms with Gasteiger partial charge < -0.3 is 27.6 Å². The van der Waals surface area contributed by atoms with Gasteiger partial charge in [0.25, 0.3) is 0 Å². The second-order valence-corrected chi connectivity index (χ2v) is 18.2. The molecular formula is C46H26B2Cl2N6O4S2. The maximum Gasteiger partial charge on any atom is 0.743 e. The minimum absolute atomic E-state index is 0.00678. The van der Waals surface area contributed by atoms with Crippen molar-refractivity contribution in [1.82, 2.24) is 18.9 Å². The number of aryl methyl sites for hydroxylation is 1. The molecule has 16 heteroatoms. The monoisotopic (exact) mass is 882 g/mol. The van der Waals surface area contributed by atoms with E-state index in [4.69, 9.17) is 51.8 Å². The molecule has 1 aliphatic carbocycles. The lowest BCUT2D eigenvalue weighted by Crippen LogP contribution is -2.45. The molecule has 0 radical (unpaired) electrons. The van der Waals surface area contributed by atoms with Gasteiger partial charge in [-0.15, -0.1) is 22.7 Å². The molecule has 1 fully saturated rings. The number of nitrogens with zero attached hydrogens (tertiary/aromatic N) is 6. The van der Waals surface area contributed by atoms with Gasteiger partial charge in [0.05, 0.1) is 36.8 Å². The molecule has 3 aliphatic rings. The van der Waals surface area contributed by atoms with E-state index < -0.39 is 14.5 Å². The molecular weight excluding hydrogens is 857 g/mol. The number of halogens is 2. The molecule has 2 aliphatic heterocycles. The first kappa shape index (κ1) is 37.1. The summed E-state index contributed by atoms with van der Waals surface area (Å²) >= 11 is 15.7. The van der Waals surface area contributed by atoms with Crippen LogP contribution >= 0.6 is 45.9 Å². The van der Waals surface area contributed by atoms with Crippen LogP contribution in [-0.2, 0) is 0 Å². The second kappa shape index (κ2) is 14.2. The van der Waals surface area contributed by atoms with Gasteiger partial charge in [0.15, 0.2) is 0 Å². The molecule has 0 N–H and O–H groups in total. The van der Waals surface area contributed by atoms with Crippen molar-refractivity contribution in [3.8, 4) is 46.4 Å². The predicted molar refractivity (Wildman–Crippen MR) is 245 cm³/mol. The zero-order valence-electron chi connectivity index (χ0n) is 32.4. The van der Waals surface area contributed by atoms with Crippen molar-refractivity contribution >= 4 is 103 Å². The first-order valence-electron chi connectivity index (χ1n) is 19.8. The number of hydrogen-bond acceptors (Lipinski definition) is 10. The Morgan fingerprint density at radius 1 is 0.645 bits per heavy atom. The fourth-order valence-corrected chi connectivity index (χ4v) is 11.1. The van der Waals surface area contributed by atoms with Crippen molar-refractivity contribution in [3.63, 3.8) is 0 Å².